The molecular weight excluding hydrogens is 265 g/mol. The summed E-state index contributed by atoms with van der Waals surface area (Å²) in [6.07, 6.45) is 2.70. The van der Waals surface area contributed by atoms with Gasteiger partial charge in [0.25, 0.3) is 0 Å². The van der Waals surface area contributed by atoms with Crippen LogP contribution in [0.3, 0.4) is 0 Å². The van der Waals surface area contributed by atoms with Crippen molar-refractivity contribution in [1.29, 1.82) is 0 Å². The smallest absolute Gasteiger partial charge is 0.128 e. The zero-order valence-electron chi connectivity index (χ0n) is 12.6. The Hall–Kier alpha value is -1.78. The van der Waals surface area contributed by atoms with Gasteiger partial charge in [0.05, 0.1) is 0 Å². The molecule has 4 heteroatoms. The number of nitrogens with one attached hydrogen (secondary N) is 1. The predicted molar refractivity (Wildman–Crippen MR) is 83.6 cm³/mol. The van der Waals surface area contributed by atoms with E-state index >= 15 is 0 Å². The number of halogens is 1. The summed E-state index contributed by atoms with van der Waals surface area (Å²) in [4.78, 5) is 6.52. The highest BCUT2D eigenvalue weighted by atomic mass is 19.1. The van der Waals surface area contributed by atoms with E-state index in [-0.39, 0.29) is 11.9 Å². The van der Waals surface area contributed by atoms with E-state index in [9.17, 15) is 4.39 Å². The first-order valence-corrected chi connectivity index (χ1v) is 7.21. The average Bonchev–Trinajstić information content (AvgIpc) is 2.52. The molecule has 0 bridgehead atoms. The fourth-order valence-electron chi connectivity index (χ4n) is 2.36. The van der Waals surface area contributed by atoms with E-state index in [4.69, 9.17) is 0 Å². The van der Waals surface area contributed by atoms with E-state index in [1.165, 1.54) is 6.07 Å². The highest BCUT2D eigenvalue weighted by Crippen LogP contribution is 2.17. The quantitative estimate of drug-likeness (QED) is 0.848. The Morgan fingerprint density at radius 1 is 1.19 bits per heavy atom. The molecule has 1 N–H and O–H groups in total. The lowest BCUT2D eigenvalue weighted by molar-refractivity contribution is 0.296. The molecule has 3 nitrogen and oxygen atoms in total. The van der Waals surface area contributed by atoms with Crippen molar-refractivity contribution in [2.45, 2.75) is 12.5 Å². The van der Waals surface area contributed by atoms with Crippen LogP contribution in [0, 0.1) is 5.82 Å². The van der Waals surface area contributed by atoms with E-state index in [1.807, 2.05) is 50.6 Å². The predicted octanol–water partition coefficient (Wildman–Crippen LogP) is 2.66. The van der Waals surface area contributed by atoms with Crippen molar-refractivity contribution in [3.05, 3.63) is 65.7 Å². The number of likely N-dealkylation sites (N-methyl/N-ethyl adjacent to an activating group) is 2. The first-order chi connectivity index (χ1) is 10.2. The van der Waals surface area contributed by atoms with Gasteiger partial charge in [-0.2, -0.15) is 0 Å². The van der Waals surface area contributed by atoms with E-state index in [0.717, 1.165) is 25.2 Å². The van der Waals surface area contributed by atoms with Gasteiger partial charge in [-0.25, -0.2) is 4.39 Å². The number of pyridine rings is 1. The third-order valence-electron chi connectivity index (χ3n) is 3.60. The summed E-state index contributed by atoms with van der Waals surface area (Å²) in [7, 11) is 3.91. The molecule has 0 saturated carbocycles. The van der Waals surface area contributed by atoms with Crippen LogP contribution in [0.2, 0.25) is 0 Å². The Morgan fingerprint density at radius 2 is 1.95 bits per heavy atom. The molecule has 0 saturated heterocycles. The largest absolute Gasteiger partial charge is 0.312 e. The molecule has 1 aromatic heterocycles. The number of rotatable bonds is 7. The van der Waals surface area contributed by atoms with E-state index in [1.54, 1.807) is 6.07 Å². The number of benzene rings is 1. The van der Waals surface area contributed by atoms with Crippen LogP contribution in [0.4, 0.5) is 4.39 Å². The molecule has 1 heterocycles. The van der Waals surface area contributed by atoms with Crippen molar-refractivity contribution in [1.82, 2.24) is 15.2 Å². The summed E-state index contributed by atoms with van der Waals surface area (Å²) in [5.41, 5.74) is 1.79. The third-order valence-corrected chi connectivity index (χ3v) is 3.60. The minimum Gasteiger partial charge on any atom is -0.312 e. The van der Waals surface area contributed by atoms with Gasteiger partial charge in [-0.15, -0.1) is 0 Å². The second-order valence-corrected chi connectivity index (χ2v) is 5.20. The van der Waals surface area contributed by atoms with Gasteiger partial charge in [0.2, 0.25) is 0 Å². The molecule has 0 aliphatic carbocycles. The molecule has 0 spiro atoms. The van der Waals surface area contributed by atoms with Gasteiger partial charge in [-0.05, 0) is 32.3 Å². The lowest BCUT2D eigenvalue weighted by atomic mass is 10.1. The molecular formula is C17H22FN3. The zero-order chi connectivity index (χ0) is 15.1. The summed E-state index contributed by atoms with van der Waals surface area (Å²) in [6.45, 7) is 1.65. The second kappa shape index (κ2) is 7.86. The molecule has 0 radical (unpaired) electrons. The van der Waals surface area contributed by atoms with Crippen LogP contribution in [0.25, 0.3) is 0 Å². The molecule has 0 fully saturated rings. The minimum atomic E-state index is -0.157. The molecule has 112 valence electrons. The fraction of sp³-hybridized carbons (Fsp3) is 0.353. The number of hydrogen-bond acceptors (Lipinski definition) is 3. The summed E-state index contributed by atoms with van der Waals surface area (Å²) in [5, 5.41) is 3.19. The van der Waals surface area contributed by atoms with E-state index in [0.29, 0.717) is 5.56 Å². The van der Waals surface area contributed by atoms with Crippen molar-refractivity contribution >= 4 is 0 Å². The summed E-state index contributed by atoms with van der Waals surface area (Å²) in [6, 6.07) is 12.9. The van der Waals surface area contributed by atoms with Gasteiger partial charge < -0.3 is 10.2 Å². The Labute approximate surface area is 125 Å². The standard InChI is InChI=1S/C17H22FN3/c1-19-17(15-8-3-4-9-16(15)18)13-21(2)12-10-14-7-5-6-11-20-14/h3-9,11,17,19H,10,12-13H2,1-2H3. The van der Waals surface area contributed by atoms with Crippen LogP contribution in [-0.4, -0.2) is 37.1 Å². The third kappa shape index (κ3) is 4.62. The maximum Gasteiger partial charge on any atom is 0.128 e. The maximum atomic E-state index is 13.9. The Morgan fingerprint density at radius 3 is 2.62 bits per heavy atom. The number of nitrogens with zero attached hydrogens (tertiary/aromatic N) is 2. The molecule has 2 rings (SSSR count). The van der Waals surface area contributed by atoms with Gasteiger partial charge in [0.1, 0.15) is 5.82 Å². The lowest BCUT2D eigenvalue weighted by Gasteiger charge is -2.24. The maximum absolute atomic E-state index is 13.9. The van der Waals surface area contributed by atoms with Crippen LogP contribution in [0.1, 0.15) is 17.3 Å². The van der Waals surface area contributed by atoms with Crippen LogP contribution in [0.15, 0.2) is 48.7 Å². The second-order valence-electron chi connectivity index (χ2n) is 5.20. The van der Waals surface area contributed by atoms with Gasteiger partial charge in [0, 0.05) is 43.0 Å². The van der Waals surface area contributed by atoms with Crippen molar-refractivity contribution < 1.29 is 4.39 Å². The van der Waals surface area contributed by atoms with Crippen LogP contribution in [0.5, 0.6) is 0 Å². The zero-order valence-corrected chi connectivity index (χ0v) is 12.6. The van der Waals surface area contributed by atoms with Gasteiger partial charge in [-0.1, -0.05) is 24.3 Å². The van der Waals surface area contributed by atoms with Crippen molar-refractivity contribution in [2.24, 2.45) is 0 Å². The Bertz CT molecular complexity index is 545. The summed E-state index contributed by atoms with van der Waals surface area (Å²) in [5.74, 6) is -0.157. The first-order valence-electron chi connectivity index (χ1n) is 7.21. The van der Waals surface area contributed by atoms with Gasteiger partial charge in [-0.3, -0.25) is 4.98 Å². The molecule has 21 heavy (non-hydrogen) atoms. The summed E-state index contributed by atoms with van der Waals surface area (Å²) >= 11 is 0. The van der Waals surface area contributed by atoms with Gasteiger partial charge in [0.15, 0.2) is 0 Å². The molecule has 0 aliphatic rings. The molecule has 2 aromatic rings. The minimum absolute atomic E-state index is 0.0140. The Balaban J connectivity index is 1.91. The van der Waals surface area contributed by atoms with Crippen molar-refractivity contribution in [3.63, 3.8) is 0 Å². The average molecular weight is 287 g/mol. The highest BCUT2D eigenvalue weighted by molar-refractivity contribution is 5.21. The van der Waals surface area contributed by atoms with Crippen LogP contribution in [-0.2, 0) is 6.42 Å². The normalized spacial score (nSPS) is 12.6. The highest BCUT2D eigenvalue weighted by Gasteiger charge is 2.15. The molecule has 1 unspecified atom stereocenters. The van der Waals surface area contributed by atoms with E-state index < -0.39 is 0 Å². The molecule has 1 atom stereocenters. The van der Waals surface area contributed by atoms with Gasteiger partial charge >= 0.3 is 0 Å². The summed E-state index contributed by atoms with van der Waals surface area (Å²) < 4.78 is 13.9. The molecule has 0 aliphatic heterocycles. The fourth-order valence-corrected chi connectivity index (χ4v) is 2.36. The van der Waals surface area contributed by atoms with E-state index in [2.05, 4.69) is 15.2 Å². The number of aromatic nitrogens is 1. The van der Waals surface area contributed by atoms with Crippen molar-refractivity contribution in [2.75, 3.05) is 27.2 Å². The lowest BCUT2D eigenvalue weighted by Crippen LogP contribution is -2.33. The SMILES string of the molecule is CNC(CN(C)CCc1ccccn1)c1ccccc1F. The first kappa shape index (κ1) is 15.6. The molecule has 0 amide bonds. The molecule has 1 aromatic carbocycles. The Kier molecular flexibility index (Phi) is 5.84. The van der Waals surface area contributed by atoms with Crippen LogP contribution < -0.4 is 5.32 Å². The topological polar surface area (TPSA) is 28.2 Å². The number of hydrogen-bond donors (Lipinski definition) is 1. The van der Waals surface area contributed by atoms with Crippen LogP contribution >= 0.6 is 0 Å². The van der Waals surface area contributed by atoms with Crippen molar-refractivity contribution in [3.8, 4) is 0 Å². The monoisotopic (exact) mass is 287 g/mol.